The Balaban J connectivity index is 1.65. The lowest BCUT2D eigenvalue weighted by atomic mass is 10.2. The van der Waals surface area contributed by atoms with Gasteiger partial charge < -0.3 is 20.2 Å². The zero-order valence-corrected chi connectivity index (χ0v) is 16.3. The summed E-state index contributed by atoms with van der Waals surface area (Å²) in [7, 11) is 0. The van der Waals surface area contributed by atoms with E-state index in [0.29, 0.717) is 11.9 Å². The lowest BCUT2D eigenvalue weighted by Crippen LogP contribution is -2.22. The summed E-state index contributed by atoms with van der Waals surface area (Å²) in [6.07, 6.45) is -1.96. The second-order valence-corrected chi connectivity index (χ2v) is 7.09. The standard InChI is InChI=1S/C16H18ClF3N6O3/c1-8(22-13-11(16(18,19)20)7-21-15(17)23-13)5-6-29-12-9(2)25(10-3-4-10)24-14(12)26(27)28/h7-8,10H,3-6H2,1-2H3,(H,21,22,23)/t8-/m0/s1. The van der Waals surface area contributed by atoms with Crippen molar-refractivity contribution in [1.29, 1.82) is 0 Å². The van der Waals surface area contributed by atoms with Crippen LogP contribution in [0.25, 0.3) is 0 Å². The first kappa shape index (κ1) is 21.1. The average molecular weight is 435 g/mol. The maximum Gasteiger partial charge on any atom is 0.432 e. The molecule has 1 N–H and O–H groups in total. The first-order valence-corrected chi connectivity index (χ1v) is 9.18. The van der Waals surface area contributed by atoms with Crippen molar-refractivity contribution in [2.24, 2.45) is 0 Å². The van der Waals surface area contributed by atoms with Gasteiger partial charge in [-0.25, -0.2) is 9.97 Å². The van der Waals surface area contributed by atoms with Gasteiger partial charge in [0.2, 0.25) is 11.0 Å². The molecule has 29 heavy (non-hydrogen) atoms. The Hall–Kier alpha value is -2.63. The summed E-state index contributed by atoms with van der Waals surface area (Å²) < 4.78 is 46.4. The Bertz CT molecular complexity index is 916. The van der Waals surface area contributed by atoms with Crippen molar-refractivity contribution >= 4 is 23.2 Å². The Morgan fingerprint density at radius 3 is 2.76 bits per heavy atom. The van der Waals surface area contributed by atoms with E-state index >= 15 is 0 Å². The van der Waals surface area contributed by atoms with Gasteiger partial charge in [-0.3, -0.25) is 0 Å². The number of nitrogens with zero attached hydrogens (tertiary/aromatic N) is 5. The normalized spacial score (nSPS) is 15.2. The number of alkyl halides is 3. The number of halogens is 4. The monoisotopic (exact) mass is 434 g/mol. The molecule has 1 aliphatic carbocycles. The first-order valence-electron chi connectivity index (χ1n) is 8.80. The van der Waals surface area contributed by atoms with E-state index in [4.69, 9.17) is 16.3 Å². The zero-order chi connectivity index (χ0) is 21.3. The van der Waals surface area contributed by atoms with Gasteiger partial charge >= 0.3 is 12.0 Å². The summed E-state index contributed by atoms with van der Waals surface area (Å²) in [6, 6.07) is -0.338. The summed E-state index contributed by atoms with van der Waals surface area (Å²) in [5.41, 5.74) is -0.478. The molecule has 1 fully saturated rings. The fourth-order valence-electron chi connectivity index (χ4n) is 2.77. The van der Waals surface area contributed by atoms with Crippen LogP contribution in [0.2, 0.25) is 5.28 Å². The molecule has 0 spiro atoms. The minimum Gasteiger partial charge on any atom is -0.484 e. The van der Waals surface area contributed by atoms with Crippen molar-refractivity contribution in [3.05, 3.63) is 32.9 Å². The van der Waals surface area contributed by atoms with Crippen molar-refractivity contribution in [2.75, 3.05) is 11.9 Å². The van der Waals surface area contributed by atoms with Crippen LogP contribution >= 0.6 is 11.6 Å². The first-order chi connectivity index (χ1) is 13.6. The molecule has 0 aromatic carbocycles. The third kappa shape index (κ3) is 4.86. The molecule has 158 valence electrons. The molecule has 2 heterocycles. The SMILES string of the molecule is Cc1c(OCC[C@H](C)Nc2nc(Cl)ncc2C(F)(F)F)c([N+](=O)[O-])nn1C1CC1. The third-order valence-corrected chi connectivity index (χ3v) is 4.57. The van der Waals surface area contributed by atoms with E-state index in [9.17, 15) is 23.3 Å². The zero-order valence-electron chi connectivity index (χ0n) is 15.5. The third-order valence-electron chi connectivity index (χ3n) is 4.39. The van der Waals surface area contributed by atoms with Crippen LogP contribution in [0.3, 0.4) is 0 Å². The number of hydrogen-bond acceptors (Lipinski definition) is 7. The molecule has 3 rings (SSSR count). The topological polar surface area (TPSA) is 108 Å². The summed E-state index contributed by atoms with van der Waals surface area (Å²) >= 11 is 5.60. The molecule has 1 saturated carbocycles. The highest BCUT2D eigenvalue weighted by Crippen LogP contribution is 2.40. The molecule has 1 aliphatic rings. The second kappa shape index (κ2) is 8.01. The van der Waals surface area contributed by atoms with E-state index < -0.39 is 28.5 Å². The quantitative estimate of drug-likeness (QED) is 0.377. The van der Waals surface area contributed by atoms with Crippen LogP contribution < -0.4 is 10.1 Å². The van der Waals surface area contributed by atoms with Gasteiger partial charge in [0.15, 0.2) is 0 Å². The number of ether oxygens (including phenoxy) is 1. The Morgan fingerprint density at radius 1 is 1.48 bits per heavy atom. The summed E-state index contributed by atoms with van der Waals surface area (Å²) in [4.78, 5) is 17.6. The molecule has 0 saturated heterocycles. The maximum absolute atomic E-state index is 13.1. The van der Waals surface area contributed by atoms with E-state index in [1.807, 2.05) is 0 Å². The lowest BCUT2D eigenvalue weighted by Gasteiger charge is -2.18. The molecule has 2 aromatic heterocycles. The van der Waals surface area contributed by atoms with E-state index in [1.54, 1.807) is 18.5 Å². The van der Waals surface area contributed by atoms with Crippen LogP contribution in [-0.2, 0) is 6.18 Å². The van der Waals surface area contributed by atoms with Gasteiger partial charge in [0.1, 0.15) is 17.1 Å². The average Bonchev–Trinajstić information content (AvgIpc) is 3.39. The van der Waals surface area contributed by atoms with Gasteiger partial charge in [-0.15, -0.1) is 0 Å². The Morgan fingerprint density at radius 2 is 2.17 bits per heavy atom. The van der Waals surface area contributed by atoms with Crippen LogP contribution in [0.5, 0.6) is 5.75 Å². The summed E-state index contributed by atoms with van der Waals surface area (Å²) in [5, 5.41) is 17.6. The van der Waals surface area contributed by atoms with Crippen molar-refractivity contribution < 1.29 is 22.8 Å². The van der Waals surface area contributed by atoms with E-state index in [1.165, 1.54) is 0 Å². The minimum absolute atomic E-state index is 0.0341. The molecule has 2 aromatic rings. The fraction of sp³-hybridized carbons (Fsp3) is 0.562. The number of anilines is 1. The van der Waals surface area contributed by atoms with E-state index in [2.05, 4.69) is 20.4 Å². The molecule has 0 aliphatic heterocycles. The number of rotatable bonds is 8. The molecule has 9 nitrogen and oxygen atoms in total. The molecule has 13 heteroatoms. The Kier molecular flexibility index (Phi) is 5.82. The largest absolute Gasteiger partial charge is 0.484 e. The smallest absolute Gasteiger partial charge is 0.432 e. The predicted octanol–water partition coefficient (Wildman–Crippen LogP) is 4.17. The highest BCUT2D eigenvalue weighted by molar-refractivity contribution is 6.28. The predicted molar refractivity (Wildman–Crippen MR) is 97.1 cm³/mol. The minimum atomic E-state index is -4.64. The van der Waals surface area contributed by atoms with Gasteiger partial charge in [0.05, 0.1) is 17.7 Å². The van der Waals surface area contributed by atoms with Crippen LogP contribution in [0, 0.1) is 17.0 Å². The molecule has 0 bridgehead atoms. The summed E-state index contributed by atoms with van der Waals surface area (Å²) in [5.74, 6) is -0.721. The molecule has 0 radical (unpaired) electrons. The number of nitro groups is 1. The van der Waals surface area contributed by atoms with Crippen molar-refractivity contribution in [1.82, 2.24) is 19.7 Å². The molecule has 0 amide bonds. The van der Waals surface area contributed by atoms with Crippen LogP contribution in [0.15, 0.2) is 6.20 Å². The summed E-state index contributed by atoms with van der Waals surface area (Å²) in [6.45, 7) is 3.36. The van der Waals surface area contributed by atoms with Crippen molar-refractivity contribution in [2.45, 2.75) is 51.4 Å². The Labute approximate surface area is 168 Å². The fourth-order valence-corrected chi connectivity index (χ4v) is 2.91. The van der Waals surface area contributed by atoms with Crippen molar-refractivity contribution in [3.63, 3.8) is 0 Å². The van der Waals surface area contributed by atoms with Crippen molar-refractivity contribution in [3.8, 4) is 5.75 Å². The van der Waals surface area contributed by atoms with Gasteiger partial charge in [-0.05, 0) is 43.2 Å². The number of nitrogens with one attached hydrogen (secondary N) is 1. The lowest BCUT2D eigenvalue weighted by molar-refractivity contribution is -0.390. The van der Waals surface area contributed by atoms with Gasteiger partial charge in [0.25, 0.3) is 0 Å². The van der Waals surface area contributed by atoms with E-state index in [0.717, 1.165) is 12.8 Å². The highest BCUT2D eigenvalue weighted by Gasteiger charge is 2.36. The molecule has 1 atom stereocenters. The van der Waals surface area contributed by atoms with Gasteiger partial charge in [-0.2, -0.15) is 17.9 Å². The molecule has 0 unspecified atom stereocenters. The van der Waals surface area contributed by atoms with Crippen LogP contribution in [0.4, 0.5) is 24.8 Å². The van der Waals surface area contributed by atoms with E-state index in [-0.39, 0.29) is 35.9 Å². The van der Waals surface area contributed by atoms with Crippen LogP contribution in [-0.4, -0.2) is 37.3 Å². The number of aromatic nitrogens is 4. The molecular weight excluding hydrogens is 417 g/mol. The maximum atomic E-state index is 13.1. The van der Waals surface area contributed by atoms with Crippen LogP contribution in [0.1, 0.15) is 43.5 Å². The molecular formula is C16H18ClF3N6O3. The van der Waals surface area contributed by atoms with Gasteiger partial charge in [0, 0.05) is 18.7 Å². The second-order valence-electron chi connectivity index (χ2n) is 6.75. The number of hydrogen-bond donors (Lipinski definition) is 1. The highest BCUT2D eigenvalue weighted by atomic mass is 35.5. The van der Waals surface area contributed by atoms with Gasteiger partial charge in [-0.1, -0.05) is 0 Å².